The van der Waals surface area contributed by atoms with E-state index >= 15 is 0 Å². The van der Waals surface area contributed by atoms with Gasteiger partial charge in [0.05, 0.1) is 5.69 Å². The molecule has 0 N–H and O–H groups in total. The fourth-order valence-electron chi connectivity index (χ4n) is 10.8. The van der Waals surface area contributed by atoms with Crippen LogP contribution in [-0.2, 0) is 0 Å². The molecule has 0 bridgehead atoms. The third-order valence-electron chi connectivity index (χ3n) is 13.3. The molecule has 2 aliphatic heterocycles. The molecule has 2 aromatic heterocycles. The predicted molar refractivity (Wildman–Crippen MR) is 257 cm³/mol. The summed E-state index contributed by atoms with van der Waals surface area (Å²) in [5.41, 5.74) is 16.0. The Bertz CT molecular complexity index is 3750. The van der Waals surface area contributed by atoms with Crippen molar-refractivity contribution in [3.05, 3.63) is 206 Å². The average Bonchev–Trinajstić information content (AvgIpc) is 3.86. The van der Waals surface area contributed by atoms with Crippen molar-refractivity contribution in [2.24, 2.45) is 0 Å². The van der Waals surface area contributed by atoms with Gasteiger partial charge >= 0.3 is 6.85 Å². The van der Waals surface area contributed by atoms with Gasteiger partial charge in [-0.3, -0.25) is 0 Å². The zero-order chi connectivity index (χ0) is 39.8. The minimum atomic E-state index is -0.109. The normalized spacial score (nSPS) is 12.9. The number of hydrogen-bond donors (Lipinski definition) is 0. The van der Waals surface area contributed by atoms with Crippen LogP contribution in [0.2, 0.25) is 0 Å². The van der Waals surface area contributed by atoms with Gasteiger partial charge in [-0.25, -0.2) is 0 Å². The summed E-state index contributed by atoms with van der Waals surface area (Å²) in [4.78, 5) is 4.87. The zero-order valence-electron chi connectivity index (χ0n) is 33.0. The topological polar surface area (TPSA) is 24.6 Å². The molecule has 0 atom stereocenters. The van der Waals surface area contributed by atoms with Crippen LogP contribution >= 0.6 is 0 Å². The maximum Gasteiger partial charge on any atom is 0.333 e. The highest BCUT2D eigenvalue weighted by molar-refractivity contribution is 6.90. The number of hydrogen-bond acceptors (Lipinski definition) is 3. The number of benzene rings is 10. The number of rotatable bonds is 4. The molecule has 0 fully saturated rings. The first kappa shape index (κ1) is 32.9. The van der Waals surface area contributed by atoms with Crippen LogP contribution in [-0.4, -0.2) is 11.3 Å². The fraction of sp³-hybridized carbons (Fsp3) is 0. The lowest BCUT2D eigenvalue weighted by Crippen LogP contribution is -2.56. The summed E-state index contributed by atoms with van der Waals surface area (Å²) in [6.07, 6.45) is 0. The Morgan fingerprint density at radius 2 is 1.08 bits per heavy atom. The average molecular weight is 776 g/mol. The van der Waals surface area contributed by atoms with Crippen LogP contribution in [0, 0.1) is 0 Å². The second-order valence-corrected chi connectivity index (χ2v) is 16.4. The van der Waals surface area contributed by atoms with Crippen LogP contribution in [0.25, 0.3) is 76.4 Å². The monoisotopic (exact) mass is 775 g/mol. The summed E-state index contributed by atoms with van der Waals surface area (Å²) >= 11 is 0. The van der Waals surface area contributed by atoms with Gasteiger partial charge in [0.25, 0.3) is 0 Å². The molecule has 5 heteroatoms. The zero-order valence-corrected chi connectivity index (χ0v) is 33.0. The molecule has 12 aromatic rings. The molecule has 4 heterocycles. The summed E-state index contributed by atoms with van der Waals surface area (Å²) in [7, 11) is 0. The highest BCUT2D eigenvalue weighted by Gasteiger charge is 2.44. The fourth-order valence-corrected chi connectivity index (χ4v) is 10.8. The van der Waals surface area contributed by atoms with Crippen molar-refractivity contribution in [1.29, 1.82) is 0 Å². The molecule has 282 valence electrons. The first-order valence-corrected chi connectivity index (χ1v) is 21.0. The summed E-state index contributed by atoms with van der Waals surface area (Å²) < 4.78 is 9.56. The molecule has 2 aliphatic rings. The summed E-state index contributed by atoms with van der Waals surface area (Å²) in [5, 5.41) is 9.75. The van der Waals surface area contributed by atoms with E-state index in [2.05, 4.69) is 221 Å². The van der Waals surface area contributed by atoms with Gasteiger partial charge in [0.15, 0.2) is 5.58 Å². The molecule has 0 saturated carbocycles. The first-order chi connectivity index (χ1) is 30.3. The van der Waals surface area contributed by atoms with Gasteiger partial charge < -0.3 is 18.7 Å². The summed E-state index contributed by atoms with van der Waals surface area (Å²) in [6.45, 7) is -0.109. The van der Waals surface area contributed by atoms with E-state index in [1.165, 1.54) is 65.4 Å². The van der Waals surface area contributed by atoms with Gasteiger partial charge in [-0.2, -0.15) is 0 Å². The molecule has 0 spiro atoms. The number of nitrogens with zero attached hydrogens (tertiary/aromatic N) is 3. The number of anilines is 6. The van der Waals surface area contributed by atoms with Crippen LogP contribution in [0.5, 0.6) is 0 Å². The molecule has 4 nitrogen and oxygen atoms in total. The number of furan rings is 1. The molecule has 61 heavy (non-hydrogen) atoms. The van der Waals surface area contributed by atoms with Crippen molar-refractivity contribution in [3.8, 4) is 11.1 Å². The minimum absolute atomic E-state index is 0.109. The van der Waals surface area contributed by atoms with E-state index < -0.39 is 0 Å². The SMILES string of the molecule is c1ccc(N(c2ccccc2)c2ccc3c(c2)N(c2cccc4c2oc2ccccc24)c2cc4ccccc4c4c2B3n2c3cc5ccccc5cc3c3cccc-4c32)cc1. The Labute approximate surface area is 351 Å². The number of para-hydroxylation sites is 5. The summed E-state index contributed by atoms with van der Waals surface area (Å²) in [6, 6.07) is 75.5. The highest BCUT2D eigenvalue weighted by Crippen LogP contribution is 2.50. The van der Waals surface area contributed by atoms with Gasteiger partial charge in [0.2, 0.25) is 0 Å². The highest BCUT2D eigenvalue weighted by atomic mass is 16.3. The van der Waals surface area contributed by atoms with Gasteiger partial charge in [-0.05, 0) is 105 Å². The Hall–Kier alpha value is -8.02. The third kappa shape index (κ3) is 4.50. The maximum atomic E-state index is 6.90. The lowest BCUT2D eigenvalue weighted by atomic mass is 9.44. The smallest absolute Gasteiger partial charge is 0.333 e. The second-order valence-electron chi connectivity index (χ2n) is 16.4. The van der Waals surface area contributed by atoms with Crippen molar-refractivity contribution >= 4 is 117 Å². The molecule has 10 aromatic carbocycles. The van der Waals surface area contributed by atoms with Crippen molar-refractivity contribution in [1.82, 2.24) is 4.48 Å². The largest absolute Gasteiger partial charge is 0.454 e. The molecule has 0 aliphatic carbocycles. The van der Waals surface area contributed by atoms with Crippen LogP contribution in [0.4, 0.5) is 34.1 Å². The Balaban J connectivity index is 1.15. The van der Waals surface area contributed by atoms with Gasteiger partial charge in [-0.15, -0.1) is 0 Å². The molecule has 0 amide bonds. The van der Waals surface area contributed by atoms with Crippen LogP contribution in [0.15, 0.2) is 211 Å². The van der Waals surface area contributed by atoms with E-state index in [1.54, 1.807) is 0 Å². The van der Waals surface area contributed by atoms with Crippen LogP contribution in [0.1, 0.15) is 0 Å². The predicted octanol–water partition coefficient (Wildman–Crippen LogP) is 13.9. The molecule has 14 rings (SSSR count). The minimum Gasteiger partial charge on any atom is -0.454 e. The van der Waals surface area contributed by atoms with E-state index in [4.69, 9.17) is 4.42 Å². The lowest BCUT2D eigenvalue weighted by Gasteiger charge is -2.41. The van der Waals surface area contributed by atoms with E-state index in [9.17, 15) is 0 Å². The second kappa shape index (κ2) is 12.3. The van der Waals surface area contributed by atoms with E-state index in [1.807, 2.05) is 0 Å². The molecular formula is C56H34BN3O. The summed E-state index contributed by atoms with van der Waals surface area (Å²) in [5.74, 6) is 0. The Morgan fingerprint density at radius 3 is 1.89 bits per heavy atom. The van der Waals surface area contributed by atoms with Crippen molar-refractivity contribution in [2.75, 3.05) is 9.80 Å². The lowest BCUT2D eigenvalue weighted by molar-refractivity contribution is 0.669. The van der Waals surface area contributed by atoms with Crippen LogP contribution < -0.4 is 20.7 Å². The molecular weight excluding hydrogens is 741 g/mol. The van der Waals surface area contributed by atoms with Gasteiger partial charge in [0.1, 0.15) is 5.58 Å². The number of aromatic nitrogens is 1. The third-order valence-corrected chi connectivity index (χ3v) is 13.3. The van der Waals surface area contributed by atoms with E-state index in [0.29, 0.717) is 0 Å². The molecule has 0 saturated heterocycles. The van der Waals surface area contributed by atoms with Crippen molar-refractivity contribution < 1.29 is 4.42 Å². The first-order valence-electron chi connectivity index (χ1n) is 21.0. The van der Waals surface area contributed by atoms with Gasteiger partial charge in [-0.1, -0.05) is 140 Å². The van der Waals surface area contributed by atoms with Crippen molar-refractivity contribution in [2.45, 2.75) is 0 Å². The maximum absolute atomic E-state index is 6.90. The Kier molecular flexibility index (Phi) is 6.61. The number of fused-ring (bicyclic) bond motifs is 13. The molecule has 0 unspecified atom stereocenters. The Morgan fingerprint density at radius 1 is 0.426 bits per heavy atom. The van der Waals surface area contributed by atoms with Crippen molar-refractivity contribution in [3.63, 3.8) is 0 Å². The van der Waals surface area contributed by atoms with Crippen LogP contribution in [0.3, 0.4) is 0 Å². The van der Waals surface area contributed by atoms with E-state index in [0.717, 1.165) is 56.1 Å². The quantitative estimate of drug-likeness (QED) is 0.166. The van der Waals surface area contributed by atoms with E-state index in [-0.39, 0.29) is 6.85 Å². The standard InChI is InChI=1S/C56H34BN3O/c1-3-18-38(19-4-1)58(39-20-5-2-6-21-39)40-29-30-47-50(34-40)59(48-27-14-25-44-42-23-11-12-28-52(42)61-56(44)48)51-33-37-17-9-10-22-41(37)53-45-26-13-24-43-46-31-35-15-7-8-16-36(35)32-49(46)60(55(43)45)57(47)54(51)53/h1-34H. The van der Waals surface area contributed by atoms with Gasteiger partial charge in [0, 0.05) is 66.6 Å². The molecule has 0 radical (unpaired) electrons.